The molecular weight excluding hydrogens is 360 g/mol. The number of nitrogen functional groups attached to an aromatic ring is 1. The van der Waals surface area contributed by atoms with Crippen LogP contribution < -0.4 is 20.5 Å². The van der Waals surface area contributed by atoms with Crippen molar-refractivity contribution in [2.45, 2.75) is 13.0 Å². The summed E-state index contributed by atoms with van der Waals surface area (Å²) in [7, 11) is 2.91. The molecule has 1 atom stereocenters. The van der Waals surface area contributed by atoms with Crippen LogP contribution in [0.3, 0.4) is 0 Å². The average molecular weight is 379 g/mol. The van der Waals surface area contributed by atoms with Gasteiger partial charge in [0.05, 0.1) is 24.9 Å². The number of nitrogens with two attached hydrogens (primary N) is 1. The summed E-state index contributed by atoms with van der Waals surface area (Å²) in [6.45, 7) is 1.46. The Kier molecular flexibility index (Phi) is 6.30. The van der Waals surface area contributed by atoms with Gasteiger partial charge in [-0.3, -0.25) is 4.79 Å². The molecule has 0 aliphatic carbocycles. The van der Waals surface area contributed by atoms with Crippen LogP contribution in [-0.4, -0.2) is 32.2 Å². The number of halogens is 1. The van der Waals surface area contributed by atoms with Crippen molar-refractivity contribution >= 4 is 34.9 Å². The Labute approximate surface area is 156 Å². The van der Waals surface area contributed by atoms with Gasteiger partial charge in [0.25, 0.3) is 5.91 Å². The molecule has 0 saturated heterocycles. The van der Waals surface area contributed by atoms with Crippen LogP contribution in [0, 0.1) is 0 Å². The number of esters is 1. The number of hydrogen-bond donors (Lipinski definition) is 2. The monoisotopic (exact) mass is 378 g/mol. The van der Waals surface area contributed by atoms with Gasteiger partial charge in [0.15, 0.2) is 6.10 Å². The summed E-state index contributed by atoms with van der Waals surface area (Å²) in [4.78, 5) is 24.6. The smallest absolute Gasteiger partial charge is 0.342 e. The second-order valence-electron chi connectivity index (χ2n) is 5.34. The molecule has 0 fully saturated rings. The minimum absolute atomic E-state index is 0.0766. The SMILES string of the molecule is COc1cccc(NC(=O)[C@H](C)OC(=O)c2cc(Cl)c(N)cc2OC)c1. The van der Waals surface area contributed by atoms with Crippen LogP contribution in [0.2, 0.25) is 5.02 Å². The van der Waals surface area contributed by atoms with Gasteiger partial charge in [0, 0.05) is 17.8 Å². The lowest BCUT2D eigenvalue weighted by molar-refractivity contribution is -0.123. The summed E-state index contributed by atoms with van der Waals surface area (Å²) in [6.07, 6.45) is -1.05. The highest BCUT2D eigenvalue weighted by Crippen LogP contribution is 2.29. The molecule has 1 amide bonds. The molecule has 0 bridgehead atoms. The van der Waals surface area contributed by atoms with Crippen molar-refractivity contribution in [1.82, 2.24) is 0 Å². The number of nitrogens with one attached hydrogen (secondary N) is 1. The third-order valence-electron chi connectivity index (χ3n) is 3.53. The van der Waals surface area contributed by atoms with E-state index in [1.54, 1.807) is 24.3 Å². The van der Waals surface area contributed by atoms with E-state index in [1.807, 2.05) is 0 Å². The van der Waals surface area contributed by atoms with Crippen molar-refractivity contribution in [2.24, 2.45) is 0 Å². The highest BCUT2D eigenvalue weighted by Gasteiger charge is 2.22. The molecule has 0 aliphatic rings. The maximum atomic E-state index is 12.4. The highest BCUT2D eigenvalue weighted by molar-refractivity contribution is 6.33. The van der Waals surface area contributed by atoms with E-state index in [4.69, 9.17) is 31.5 Å². The number of carbonyl (C=O) groups is 2. The number of carbonyl (C=O) groups excluding carboxylic acids is 2. The fraction of sp³-hybridized carbons (Fsp3) is 0.222. The third-order valence-corrected chi connectivity index (χ3v) is 3.86. The number of anilines is 2. The second-order valence-corrected chi connectivity index (χ2v) is 5.75. The van der Waals surface area contributed by atoms with Gasteiger partial charge in [-0.25, -0.2) is 4.79 Å². The fourth-order valence-electron chi connectivity index (χ4n) is 2.12. The summed E-state index contributed by atoms with van der Waals surface area (Å²) < 4.78 is 15.4. The van der Waals surface area contributed by atoms with Crippen LogP contribution in [0.5, 0.6) is 11.5 Å². The fourth-order valence-corrected chi connectivity index (χ4v) is 2.28. The minimum Gasteiger partial charge on any atom is -0.497 e. The van der Waals surface area contributed by atoms with Crippen molar-refractivity contribution in [3.63, 3.8) is 0 Å². The van der Waals surface area contributed by atoms with Crippen LogP contribution in [0.15, 0.2) is 36.4 Å². The molecule has 7 nitrogen and oxygen atoms in total. The maximum Gasteiger partial charge on any atom is 0.342 e. The highest BCUT2D eigenvalue weighted by atomic mass is 35.5. The molecule has 2 aromatic carbocycles. The van der Waals surface area contributed by atoms with Crippen LogP contribution in [0.25, 0.3) is 0 Å². The second kappa shape index (κ2) is 8.44. The zero-order chi connectivity index (χ0) is 19.3. The maximum absolute atomic E-state index is 12.4. The standard InChI is InChI=1S/C18H19ClN2O5/c1-10(17(22)21-11-5-4-6-12(7-11)24-2)26-18(23)13-8-14(19)15(20)9-16(13)25-3/h4-10H,20H2,1-3H3,(H,21,22)/t10-/m0/s1. The average Bonchev–Trinajstić information content (AvgIpc) is 2.63. The zero-order valence-electron chi connectivity index (χ0n) is 14.5. The van der Waals surface area contributed by atoms with Gasteiger partial charge < -0.3 is 25.3 Å². The Morgan fingerprint density at radius 3 is 2.54 bits per heavy atom. The minimum atomic E-state index is -1.05. The molecule has 138 valence electrons. The number of rotatable bonds is 6. The third kappa shape index (κ3) is 4.58. The number of methoxy groups -OCH3 is 2. The van der Waals surface area contributed by atoms with Crippen molar-refractivity contribution in [2.75, 3.05) is 25.3 Å². The molecule has 2 rings (SSSR count). The topological polar surface area (TPSA) is 99.9 Å². The van der Waals surface area contributed by atoms with E-state index < -0.39 is 18.0 Å². The van der Waals surface area contributed by atoms with E-state index >= 15 is 0 Å². The van der Waals surface area contributed by atoms with Gasteiger partial charge in [-0.05, 0) is 25.1 Å². The van der Waals surface area contributed by atoms with Crippen molar-refractivity contribution in [3.05, 3.63) is 47.0 Å². The molecule has 0 aliphatic heterocycles. The van der Waals surface area contributed by atoms with E-state index in [9.17, 15) is 9.59 Å². The molecule has 0 unspecified atom stereocenters. The van der Waals surface area contributed by atoms with E-state index in [-0.39, 0.29) is 22.0 Å². The largest absolute Gasteiger partial charge is 0.497 e. The molecule has 0 radical (unpaired) electrons. The van der Waals surface area contributed by atoms with Gasteiger partial charge in [0.1, 0.15) is 17.1 Å². The van der Waals surface area contributed by atoms with Gasteiger partial charge in [-0.2, -0.15) is 0 Å². The number of hydrogen-bond acceptors (Lipinski definition) is 6. The first-order valence-electron chi connectivity index (χ1n) is 7.64. The molecule has 0 spiro atoms. The van der Waals surface area contributed by atoms with E-state index in [0.29, 0.717) is 11.4 Å². The Balaban J connectivity index is 2.08. The lowest BCUT2D eigenvalue weighted by Gasteiger charge is -2.15. The van der Waals surface area contributed by atoms with Crippen LogP contribution in [-0.2, 0) is 9.53 Å². The molecule has 0 saturated carbocycles. The predicted octanol–water partition coefficient (Wildman–Crippen LogP) is 3.12. The normalized spacial score (nSPS) is 11.4. The Hall–Kier alpha value is -2.93. The van der Waals surface area contributed by atoms with E-state index in [2.05, 4.69) is 5.32 Å². The number of ether oxygens (including phenoxy) is 3. The van der Waals surface area contributed by atoms with Crippen molar-refractivity contribution in [3.8, 4) is 11.5 Å². The lowest BCUT2D eigenvalue weighted by atomic mass is 10.2. The van der Waals surface area contributed by atoms with Gasteiger partial charge in [-0.15, -0.1) is 0 Å². The van der Waals surface area contributed by atoms with Gasteiger partial charge in [-0.1, -0.05) is 17.7 Å². The Bertz CT molecular complexity index is 825. The summed E-state index contributed by atoms with van der Waals surface area (Å²) in [5.74, 6) is -0.449. The molecule has 8 heteroatoms. The van der Waals surface area contributed by atoms with E-state index in [0.717, 1.165) is 0 Å². The molecule has 26 heavy (non-hydrogen) atoms. The zero-order valence-corrected chi connectivity index (χ0v) is 15.3. The first-order valence-corrected chi connectivity index (χ1v) is 8.02. The summed E-state index contributed by atoms with van der Waals surface area (Å²) in [5.41, 5.74) is 6.55. The number of amides is 1. The molecule has 3 N–H and O–H groups in total. The van der Waals surface area contributed by atoms with Gasteiger partial charge >= 0.3 is 5.97 Å². The first kappa shape index (κ1) is 19.4. The van der Waals surface area contributed by atoms with Crippen molar-refractivity contribution < 1.29 is 23.8 Å². The molecule has 0 aromatic heterocycles. The first-order chi connectivity index (χ1) is 12.3. The van der Waals surface area contributed by atoms with Crippen LogP contribution in [0.4, 0.5) is 11.4 Å². The van der Waals surface area contributed by atoms with Gasteiger partial charge in [0.2, 0.25) is 0 Å². The Morgan fingerprint density at radius 1 is 1.15 bits per heavy atom. The number of benzene rings is 2. The van der Waals surface area contributed by atoms with Crippen LogP contribution in [0.1, 0.15) is 17.3 Å². The molecule has 2 aromatic rings. The van der Waals surface area contributed by atoms with E-state index in [1.165, 1.54) is 33.3 Å². The quantitative estimate of drug-likeness (QED) is 0.591. The predicted molar refractivity (Wildman–Crippen MR) is 98.9 cm³/mol. The van der Waals surface area contributed by atoms with Crippen molar-refractivity contribution in [1.29, 1.82) is 0 Å². The Morgan fingerprint density at radius 2 is 1.88 bits per heavy atom. The summed E-state index contributed by atoms with van der Waals surface area (Å²) >= 11 is 5.94. The summed E-state index contributed by atoms with van der Waals surface area (Å²) in [5, 5.41) is 2.84. The van der Waals surface area contributed by atoms with Crippen LogP contribution >= 0.6 is 11.6 Å². The lowest BCUT2D eigenvalue weighted by Crippen LogP contribution is -2.30. The molecule has 0 heterocycles. The molecular formula is C18H19ClN2O5. The summed E-state index contributed by atoms with van der Waals surface area (Å²) in [6, 6.07) is 9.57.